The number of nitrogens with zero attached hydrogens (tertiary/aromatic N) is 3. The third-order valence-corrected chi connectivity index (χ3v) is 4.35. The minimum absolute atomic E-state index is 0.284. The van der Waals surface area contributed by atoms with Crippen molar-refractivity contribution in [1.29, 1.82) is 0 Å². The molecule has 0 aliphatic heterocycles. The average molecular weight is 396 g/mol. The third-order valence-electron chi connectivity index (χ3n) is 4.10. The van der Waals surface area contributed by atoms with E-state index in [0.717, 1.165) is 5.56 Å². The van der Waals surface area contributed by atoms with Gasteiger partial charge in [0.15, 0.2) is 5.82 Å². The molecule has 140 valence electrons. The van der Waals surface area contributed by atoms with Crippen molar-refractivity contribution in [1.82, 2.24) is 20.0 Å². The first-order valence-electron chi connectivity index (χ1n) is 8.47. The van der Waals surface area contributed by atoms with E-state index in [2.05, 4.69) is 20.6 Å². The highest BCUT2D eigenvalue weighted by Gasteiger charge is 2.13. The van der Waals surface area contributed by atoms with Gasteiger partial charge >= 0.3 is 0 Å². The van der Waals surface area contributed by atoms with Gasteiger partial charge in [-0.3, -0.25) is 14.6 Å². The van der Waals surface area contributed by atoms with Gasteiger partial charge in [0.25, 0.3) is 5.91 Å². The fourth-order valence-corrected chi connectivity index (χ4v) is 2.81. The molecule has 2 aromatic heterocycles. The number of hydrogen-bond donors (Lipinski definition) is 2. The van der Waals surface area contributed by atoms with Crippen LogP contribution in [0.1, 0.15) is 16.1 Å². The van der Waals surface area contributed by atoms with Crippen molar-refractivity contribution in [3.05, 3.63) is 89.0 Å². The van der Waals surface area contributed by atoms with Crippen LogP contribution < -0.4 is 5.32 Å². The quantitative estimate of drug-likeness (QED) is 0.527. The molecule has 6 nitrogen and oxygen atoms in total. The Kier molecular flexibility index (Phi) is 4.90. The molecule has 2 N–H and O–H groups in total. The predicted molar refractivity (Wildman–Crippen MR) is 105 cm³/mol. The number of H-pyrrole nitrogens is 1. The van der Waals surface area contributed by atoms with E-state index in [4.69, 9.17) is 11.6 Å². The molecule has 0 saturated carbocycles. The Labute approximate surface area is 165 Å². The number of halogens is 2. The summed E-state index contributed by atoms with van der Waals surface area (Å²) < 4.78 is 14.7. The normalized spacial score (nSPS) is 10.8. The number of carbonyl (C=O) groups is 1. The molecule has 4 rings (SSSR count). The summed E-state index contributed by atoms with van der Waals surface area (Å²) in [6.45, 7) is 0.561. The molecule has 0 aliphatic rings. The standard InChI is InChI=1S/C20H15ClFN5O/c21-15-5-1-13(2-6-15)12-27-10-9-19(26-27)23-20(28)18-11-17(24-25-18)14-3-7-16(22)8-4-14/h1-11H,12H2,(H,24,25)(H,23,26,28). The lowest BCUT2D eigenvalue weighted by Crippen LogP contribution is -2.13. The summed E-state index contributed by atoms with van der Waals surface area (Å²) in [7, 11) is 0. The smallest absolute Gasteiger partial charge is 0.274 e. The van der Waals surface area contributed by atoms with Crippen LogP contribution in [0.4, 0.5) is 10.2 Å². The number of benzene rings is 2. The fourth-order valence-electron chi connectivity index (χ4n) is 2.68. The van der Waals surface area contributed by atoms with Gasteiger partial charge in [0.05, 0.1) is 12.2 Å². The van der Waals surface area contributed by atoms with Gasteiger partial charge in [0.1, 0.15) is 11.5 Å². The van der Waals surface area contributed by atoms with Gasteiger partial charge in [0, 0.05) is 22.8 Å². The maximum Gasteiger partial charge on any atom is 0.274 e. The van der Waals surface area contributed by atoms with Gasteiger partial charge < -0.3 is 5.32 Å². The number of hydrogen-bond acceptors (Lipinski definition) is 3. The SMILES string of the molecule is O=C(Nc1ccn(Cc2ccc(Cl)cc2)n1)c1cc(-c2ccc(F)cc2)n[nH]1. The van der Waals surface area contributed by atoms with Crippen molar-refractivity contribution in [3.63, 3.8) is 0 Å². The number of carbonyl (C=O) groups excluding carboxylic acids is 1. The summed E-state index contributed by atoms with van der Waals surface area (Å²) in [5.74, 6) is -0.263. The summed E-state index contributed by atoms with van der Waals surface area (Å²) in [5.41, 5.74) is 2.59. The highest BCUT2D eigenvalue weighted by molar-refractivity contribution is 6.30. The Morgan fingerprint density at radius 3 is 2.61 bits per heavy atom. The first kappa shape index (κ1) is 17.9. The lowest BCUT2D eigenvalue weighted by atomic mass is 10.1. The van der Waals surface area contributed by atoms with E-state index in [1.54, 1.807) is 35.1 Å². The largest absolute Gasteiger partial charge is 0.304 e. The lowest BCUT2D eigenvalue weighted by molar-refractivity contribution is 0.102. The van der Waals surface area contributed by atoms with E-state index in [1.807, 2.05) is 24.3 Å². The van der Waals surface area contributed by atoms with Gasteiger partial charge in [-0.2, -0.15) is 10.2 Å². The summed E-state index contributed by atoms with van der Waals surface area (Å²) >= 11 is 5.89. The van der Waals surface area contributed by atoms with Gasteiger partial charge in [-0.15, -0.1) is 0 Å². The molecule has 0 saturated heterocycles. The number of rotatable bonds is 5. The number of aromatic nitrogens is 4. The Bertz CT molecular complexity index is 1100. The Morgan fingerprint density at radius 2 is 1.86 bits per heavy atom. The van der Waals surface area contributed by atoms with Crippen LogP contribution in [0.15, 0.2) is 66.9 Å². The van der Waals surface area contributed by atoms with E-state index < -0.39 is 0 Å². The fraction of sp³-hybridized carbons (Fsp3) is 0.0500. The Balaban J connectivity index is 1.42. The molecule has 8 heteroatoms. The average Bonchev–Trinajstić information content (AvgIpc) is 3.34. The molecule has 1 amide bonds. The molecule has 0 unspecified atom stereocenters. The maximum atomic E-state index is 13.0. The van der Waals surface area contributed by atoms with Crippen LogP contribution >= 0.6 is 11.6 Å². The zero-order valence-corrected chi connectivity index (χ0v) is 15.3. The van der Waals surface area contributed by atoms with Crippen LogP contribution in [0.5, 0.6) is 0 Å². The van der Waals surface area contributed by atoms with Crippen molar-refractivity contribution >= 4 is 23.3 Å². The zero-order chi connectivity index (χ0) is 19.5. The first-order valence-corrected chi connectivity index (χ1v) is 8.85. The molecule has 28 heavy (non-hydrogen) atoms. The number of nitrogens with one attached hydrogen (secondary N) is 2. The van der Waals surface area contributed by atoms with Crippen molar-refractivity contribution < 1.29 is 9.18 Å². The van der Waals surface area contributed by atoms with Crippen LogP contribution in [-0.4, -0.2) is 25.9 Å². The van der Waals surface area contributed by atoms with Crippen LogP contribution in [0.25, 0.3) is 11.3 Å². The predicted octanol–water partition coefficient (Wildman–Crippen LogP) is 4.37. The number of aromatic amines is 1. The molecule has 0 aliphatic carbocycles. The molecule has 4 aromatic rings. The summed E-state index contributed by atoms with van der Waals surface area (Å²) in [5, 5.41) is 14.5. The van der Waals surface area contributed by atoms with Gasteiger partial charge in [-0.1, -0.05) is 23.7 Å². The van der Waals surface area contributed by atoms with Crippen molar-refractivity contribution in [2.24, 2.45) is 0 Å². The van der Waals surface area contributed by atoms with E-state index in [0.29, 0.717) is 28.6 Å². The second-order valence-corrected chi connectivity index (χ2v) is 6.59. The van der Waals surface area contributed by atoms with E-state index in [-0.39, 0.29) is 17.4 Å². The van der Waals surface area contributed by atoms with Crippen LogP contribution in [-0.2, 0) is 6.54 Å². The van der Waals surface area contributed by atoms with Gasteiger partial charge in [-0.05, 0) is 48.0 Å². The minimum Gasteiger partial charge on any atom is -0.304 e. The summed E-state index contributed by atoms with van der Waals surface area (Å²) in [6, 6.07) is 16.7. The van der Waals surface area contributed by atoms with Crippen molar-refractivity contribution in [2.75, 3.05) is 5.32 Å². The molecular weight excluding hydrogens is 381 g/mol. The minimum atomic E-state index is -0.363. The molecule has 0 fully saturated rings. The van der Waals surface area contributed by atoms with Crippen LogP contribution in [0.2, 0.25) is 5.02 Å². The lowest BCUT2D eigenvalue weighted by Gasteiger charge is -2.02. The third kappa shape index (κ3) is 4.10. The topological polar surface area (TPSA) is 75.6 Å². The highest BCUT2D eigenvalue weighted by atomic mass is 35.5. The molecule has 0 bridgehead atoms. The Morgan fingerprint density at radius 1 is 1.11 bits per heavy atom. The number of amides is 1. The second kappa shape index (κ2) is 7.66. The zero-order valence-electron chi connectivity index (χ0n) is 14.6. The van der Waals surface area contributed by atoms with E-state index in [1.165, 1.54) is 12.1 Å². The van der Waals surface area contributed by atoms with Gasteiger partial charge in [-0.25, -0.2) is 4.39 Å². The van der Waals surface area contributed by atoms with Crippen LogP contribution in [0, 0.1) is 5.82 Å². The Hall–Kier alpha value is -3.45. The summed E-state index contributed by atoms with van der Waals surface area (Å²) in [6.07, 6.45) is 1.78. The molecular formula is C20H15ClFN5O. The highest BCUT2D eigenvalue weighted by Crippen LogP contribution is 2.18. The van der Waals surface area contributed by atoms with Crippen LogP contribution in [0.3, 0.4) is 0 Å². The van der Waals surface area contributed by atoms with Crippen molar-refractivity contribution in [2.45, 2.75) is 6.54 Å². The number of anilines is 1. The first-order chi connectivity index (χ1) is 13.6. The summed E-state index contributed by atoms with van der Waals surface area (Å²) in [4.78, 5) is 12.4. The molecule has 2 aromatic carbocycles. The molecule has 0 spiro atoms. The molecule has 2 heterocycles. The van der Waals surface area contributed by atoms with E-state index in [9.17, 15) is 9.18 Å². The molecule has 0 radical (unpaired) electrons. The monoisotopic (exact) mass is 395 g/mol. The van der Waals surface area contributed by atoms with E-state index >= 15 is 0 Å². The van der Waals surface area contributed by atoms with Gasteiger partial charge in [0.2, 0.25) is 0 Å². The van der Waals surface area contributed by atoms with Crippen molar-refractivity contribution in [3.8, 4) is 11.3 Å². The second-order valence-electron chi connectivity index (χ2n) is 6.15. The maximum absolute atomic E-state index is 13.0. The molecule has 0 atom stereocenters.